The van der Waals surface area contributed by atoms with Gasteiger partial charge in [-0.3, -0.25) is 4.79 Å². The summed E-state index contributed by atoms with van der Waals surface area (Å²) in [5.74, 6) is 1.32. The summed E-state index contributed by atoms with van der Waals surface area (Å²) >= 11 is 0. The van der Waals surface area contributed by atoms with Gasteiger partial charge in [0.1, 0.15) is 5.75 Å². The second-order valence-electron chi connectivity index (χ2n) is 8.03. The minimum absolute atomic E-state index is 0.137. The van der Waals surface area contributed by atoms with Crippen LogP contribution in [0.15, 0.2) is 23.1 Å². The number of benzene rings is 1. The number of methoxy groups -OCH3 is 1. The predicted octanol–water partition coefficient (Wildman–Crippen LogP) is 3.06. The van der Waals surface area contributed by atoms with E-state index in [1.54, 1.807) is 29.6 Å². The number of piperidine rings is 2. The van der Waals surface area contributed by atoms with Crippen LogP contribution in [0.25, 0.3) is 0 Å². The van der Waals surface area contributed by atoms with Crippen LogP contribution < -0.4 is 4.74 Å². The van der Waals surface area contributed by atoms with Gasteiger partial charge in [0.2, 0.25) is 15.9 Å². The van der Waals surface area contributed by atoms with Crippen molar-refractivity contribution in [2.75, 3.05) is 33.3 Å². The van der Waals surface area contributed by atoms with Gasteiger partial charge < -0.3 is 9.64 Å². The van der Waals surface area contributed by atoms with Crippen molar-refractivity contribution in [2.24, 2.45) is 5.92 Å². The van der Waals surface area contributed by atoms with Crippen molar-refractivity contribution in [3.63, 3.8) is 0 Å². The summed E-state index contributed by atoms with van der Waals surface area (Å²) in [7, 11) is -1.92. The number of carbonyl (C=O) groups is 1. The Balaban J connectivity index is 1.73. The van der Waals surface area contributed by atoms with Crippen LogP contribution in [0.3, 0.4) is 0 Å². The molecule has 0 bridgehead atoms. The summed E-state index contributed by atoms with van der Waals surface area (Å²) < 4.78 is 32.9. The second kappa shape index (κ2) is 9.27. The SMILES string of the molecule is COc1ccc(S(=O)(=O)N2CCCCC2)cc1CCC(=O)N1CCC[C@@H](C)C1. The lowest BCUT2D eigenvalue weighted by molar-refractivity contribution is -0.132. The summed E-state index contributed by atoms with van der Waals surface area (Å²) in [6.45, 7) is 4.98. The number of carbonyl (C=O) groups excluding carboxylic acids is 1. The van der Waals surface area contributed by atoms with E-state index < -0.39 is 10.0 Å². The molecule has 2 heterocycles. The number of nitrogens with zero attached hydrogens (tertiary/aromatic N) is 2. The minimum atomic E-state index is -3.49. The standard InChI is InChI=1S/C21H32N2O4S/c1-17-7-6-12-22(16-17)21(24)11-8-18-15-19(9-10-20(18)27-2)28(25,26)23-13-4-3-5-14-23/h9-10,15,17H,3-8,11-14,16H2,1-2H3/t17-/m1/s1. The molecule has 0 N–H and O–H groups in total. The third-order valence-electron chi connectivity index (χ3n) is 5.82. The summed E-state index contributed by atoms with van der Waals surface area (Å²) in [6, 6.07) is 5.01. The van der Waals surface area contributed by atoms with E-state index in [9.17, 15) is 13.2 Å². The molecule has 7 heteroatoms. The van der Waals surface area contributed by atoms with Crippen LogP contribution >= 0.6 is 0 Å². The van der Waals surface area contributed by atoms with E-state index in [1.807, 2.05) is 4.90 Å². The van der Waals surface area contributed by atoms with Gasteiger partial charge in [0, 0.05) is 32.6 Å². The molecule has 0 radical (unpaired) electrons. The molecule has 1 amide bonds. The molecule has 0 saturated carbocycles. The van der Waals surface area contributed by atoms with Gasteiger partial charge in [-0.25, -0.2) is 8.42 Å². The number of likely N-dealkylation sites (tertiary alicyclic amines) is 1. The molecule has 0 unspecified atom stereocenters. The highest BCUT2D eigenvalue weighted by Crippen LogP contribution is 2.27. The molecule has 0 spiro atoms. The van der Waals surface area contributed by atoms with E-state index in [0.717, 1.165) is 44.3 Å². The number of hydrogen-bond donors (Lipinski definition) is 0. The van der Waals surface area contributed by atoms with Crippen LogP contribution in [0.2, 0.25) is 0 Å². The topological polar surface area (TPSA) is 66.9 Å². The monoisotopic (exact) mass is 408 g/mol. The molecule has 156 valence electrons. The Morgan fingerprint density at radius 2 is 1.89 bits per heavy atom. The molecule has 2 aliphatic heterocycles. The molecule has 28 heavy (non-hydrogen) atoms. The minimum Gasteiger partial charge on any atom is -0.496 e. The first-order valence-corrected chi connectivity index (χ1v) is 11.8. The van der Waals surface area contributed by atoms with Crippen molar-refractivity contribution in [3.8, 4) is 5.75 Å². The molecule has 0 aromatic heterocycles. The van der Waals surface area contributed by atoms with Gasteiger partial charge in [0.15, 0.2) is 0 Å². The first-order chi connectivity index (χ1) is 13.4. The highest BCUT2D eigenvalue weighted by molar-refractivity contribution is 7.89. The molecule has 6 nitrogen and oxygen atoms in total. The lowest BCUT2D eigenvalue weighted by Gasteiger charge is -2.31. The molecule has 0 aliphatic carbocycles. The molecule has 2 saturated heterocycles. The van der Waals surface area contributed by atoms with Gasteiger partial charge in [-0.2, -0.15) is 4.31 Å². The van der Waals surface area contributed by atoms with Crippen molar-refractivity contribution < 1.29 is 17.9 Å². The zero-order chi connectivity index (χ0) is 20.1. The zero-order valence-electron chi connectivity index (χ0n) is 17.0. The molecule has 2 aliphatic rings. The van der Waals surface area contributed by atoms with Gasteiger partial charge in [-0.15, -0.1) is 0 Å². The second-order valence-corrected chi connectivity index (χ2v) is 9.96. The molecule has 1 aromatic carbocycles. The summed E-state index contributed by atoms with van der Waals surface area (Å²) in [6.07, 6.45) is 5.98. The molecule has 2 fully saturated rings. The number of aryl methyl sites for hydroxylation is 1. The molecule has 3 rings (SSSR count). The normalized spacial score (nSPS) is 21.5. The Bertz CT molecular complexity index is 788. The maximum absolute atomic E-state index is 13.0. The van der Waals surface area contributed by atoms with Crippen LogP contribution in [-0.4, -0.2) is 56.8 Å². The fourth-order valence-corrected chi connectivity index (χ4v) is 5.75. The molecular formula is C21H32N2O4S. The highest BCUT2D eigenvalue weighted by Gasteiger charge is 2.27. The summed E-state index contributed by atoms with van der Waals surface area (Å²) in [4.78, 5) is 14.8. The van der Waals surface area contributed by atoms with Crippen molar-refractivity contribution in [2.45, 2.75) is 56.8 Å². The van der Waals surface area contributed by atoms with Gasteiger partial charge in [-0.1, -0.05) is 13.3 Å². The molecular weight excluding hydrogens is 376 g/mol. The number of hydrogen-bond acceptors (Lipinski definition) is 4. The van der Waals surface area contributed by atoms with Crippen LogP contribution in [-0.2, 0) is 21.2 Å². The fraction of sp³-hybridized carbons (Fsp3) is 0.667. The smallest absolute Gasteiger partial charge is 0.243 e. The maximum atomic E-state index is 13.0. The average molecular weight is 409 g/mol. The van der Waals surface area contributed by atoms with Crippen molar-refractivity contribution >= 4 is 15.9 Å². The van der Waals surface area contributed by atoms with Crippen LogP contribution in [0.4, 0.5) is 0 Å². The van der Waals surface area contributed by atoms with Crippen LogP contribution in [0.1, 0.15) is 51.0 Å². The van der Waals surface area contributed by atoms with Crippen LogP contribution in [0, 0.1) is 5.92 Å². The zero-order valence-corrected chi connectivity index (χ0v) is 17.8. The van der Waals surface area contributed by atoms with E-state index in [-0.39, 0.29) is 5.91 Å². The highest BCUT2D eigenvalue weighted by atomic mass is 32.2. The van der Waals surface area contributed by atoms with Gasteiger partial charge >= 0.3 is 0 Å². The van der Waals surface area contributed by atoms with E-state index in [4.69, 9.17) is 4.74 Å². The maximum Gasteiger partial charge on any atom is 0.243 e. The number of amides is 1. The van der Waals surface area contributed by atoms with Crippen molar-refractivity contribution in [3.05, 3.63) is 23.8 Å². The Hall–Kier alpha value is -1.60. The molecule has 1 atom stereocenters. The van der Waals surface area contributed by atoms with E-state index in [2.05, 4.69) is 6.92 Å². The lowest BCUT2D eigenvalue weighted by atomic mass is 9.99. The number of ether oxygens (including phenoxy) is 1. The fourth-order valence-electron chi connectivity index (χ4n) is 4.18. The Morgan fingerprint density at radius 3 is 2.57 bits per heavy atom. The molecule has 1 aromatic rings. The number of rotatable bonds is 6. The summed E-state index contributed by atoms with van der Waals surface area (Å²) in [5, 5.41) is 0. The van der Waals surface area contributed by atoms with Gasteiger partial charge in [0.05, 0.1) is 12.0 Å². The van der Waals surface area contributed by atoms with Gasteiger partial charge in [-0.05, 0) is 61.8 Å². The summed E-state index contributed by atoms with van der Waals surface area (Å²) in [5.41, 5.74) is 0.777. The third kappa shape index (κ3) is 4.87. The van der Waals surface area contributed by atoms with Gasteiger partial charge in [0.25, 0.3) is 0 Å². The van der Waals surface area contributed by atoms with Crippen LogP contribution in [0.5, 0.6) is 5.75 Å². The Labute approximate surface area is 168 Å². The predicted molar refractivity (Wildman–Crippen MR) is 109 cm³/mol. The van der Waals surface area contributed by atoms with E-state index in [0.29, 0.717) is 42.5 Å². The van der Waals surface area contributed by atoms with Crippen molar-refractivity contribution in [1.82, 2.24) is 9.21 Å². The quantitative estimate of drug-likeness (QED) is 0.726. The average Bonchev–Trinajstić information content (AvgIpc) is 2.72. The first kappa shape index (κ1) is 21.1. The van der Waals surface area contributed by atoms with E-state index >= 15 is 0 Å². The lowest BCUT2D eigenvalue weighted by Crippen LogP contribution is -2.39. The third-order valence-corrected chi connectivity index (χ3v) is 7.72. The Morgan fingerprint density at radius 1 is 1.14 bits per heavy atom. The Kier molecular flexibility index (Phi) is 6.99. The van der Waals surface area contributed by atoms with E-state index in [1.165, 1.54) is 6.42 Å². The number of sulfonamides is 1. The first-order valence-electron chi connectivity index (χ1n) is 10.4. The largest absolute Gasteiger partial charge is 0.496 e. The van der Waals surface area contributed by atoms with Crippen molar-refractivity contribution in [1.29, 1.82) is 0 Å².